The third kappa shape index (κ3) is 2.93. The first-order chi connectivity index (χ1) is 9.13. The molecule has 0 spiro atoms. The van der Waals surface area contributed by atoms with Gasteiger partial charge in [0.1, 0.15) is 0 Å². The van der Waals surface area contributed by atoms with Gasteiger partial charge in [0.25, 0.3) is 0 Å². The number of amides is 1. The molecule has 1 amide bonds. The number of carbonyl (C=O) groups excluding carboxylic acids is 1. The molecule has 1 aromatic carbocycles. The second-order valence-corrected chi connectivity index (χ2v) is 4.54. The van der Waals surface area contributed by atoms with Gasteiger partial charge in [0.05, 0.1) is 5.56 Å². The van der Waals surface area contributed by atoms with Crippen LogP contribution < -0.4 is 4.90 Å². The van der Waals surface area contributed by atoms with Gasteiger partial charge in [0.15, 0.2) is 0 Å². The lowest BCUT2D eigenvalue weighted by Crippen LogP contribution is -2.28. The van der Waals surface area contributed by atoms with Crippen LogP contribution in [0.15, 0.2) is 18.2 Å². The van der Waals surface area contributed by atoms with Crippen LogP contribution in [-0.4, -0.2) is 37.2 Å². The highest BCUT2D eigenvalue weighted by Gasteiger charge is 2.24. The van der Waals surface area contributed by atoms with Crippen LogP contribution in [-0.2, 0) is 16.0 Å². The van der Waals surface area contributed by atoms with Gasteiger partial charge in [0.2, 0.25) is 5.91 Å². The number of ether oxygens (including phenoxy) is 1. The van der Waals surface area contributed by atoms with Gasteiger partial charge < -0.3 is 14.7 Å². The zero-order valence-electron chi connectivity index (χ0n) is 10.9. The summed E-state index contributed by atoms with van der Waals surface area (Å²) in [6, 6.07) is 4.92. The van der Waals surface area contributed by atoms with Crippen molar-refractivity contribution in [2.24, 2.45) is 0 Å². The number of nitrogens with zero attached hydrogens (tertiary/aromatic N) is 1. The lowest BCUT2D eigenvalue weighted by Gasteiger charge is -2.17. The topological polar surface area (TPSA) is 66.8 Å². The summed E-state index contributed by atoms with van der Waals surface area (Å²) in [5, 5.41) is 8.94. The maximum absolute atomic E-state index is 12.1. The summed E-state index contributed by atoms with van der Waals surface area (Å²) in [6.45, 7) is 1.20. The fraction of sp³-hybridized carbons (Fsp3) is 0.429. The molecule has 0 aromatic heterocycles. The van der Waals surface area contributed by atoms with Crippen LogP contribution in [0, 0.1) is 0 Å². The van der Waals surface area contributed by atoms with E-state index in [1.165, 1.54) is 0 Å². The molecule has 0 radical (unpaired) electrons. The van der Waals surface area contributed by atoms with E-state index in [2.05, 4.69) is 0 Å². The Hall–Kier alpha value is -1.88. The van der Waals surface area contributed by atoms with E-state index in [9.17, 15) is 9.59 Å². The molecule has 1 aliphatic heterocycles. The smallest absolute Gasteiger partial charge is 0.335 e. The molecule has 1 heterocycles. The molecule has 1 aliphatic rings. The molecular weight excluding hydrogens is 246 g/mol. The lowest BCUT2D eigenvalue weighted by molar-refractivity contribution is -0.118. The average Bonchev–Trinajstić information content (AvgIpc) is 2.81. The highest BCUT2D eigenvalue weighted by Crippen LogP contribution is 2.29. The van der Waals surface area contributed by atoms with Gasteiger partial charge in [-0.25, -0.2) is 4.79 Å². The van der Waals surface area contributed by atoms with Gasteiger partial charge in [0, 0.05) is 32.4 Å². The Balaban J connectivity index is 2.09. The predicted octanol–water partition coefficient (Wildman–Crippen LogP) is 1.70. The van der Waals surface area contributed by atoms with E-state index < -0.39 is 5.97 Å². The maximum Gasteiger partial charge on any atom is 0.335 e. The number of rotatable bonds is 5. The number of methoxy groups -OCH3 is 1. The molecule has 5 heteroatoms. The van der Waals surface area contributed by atoms with Crippen LogP contribution in [0.2, 0.25) is 0 Å². The van der Waals surface area contributed by atoms with Crippen molar-refractivity contribution in [2.45, 2.75) is 19.3 Å². The number of carboxylic acid groups (broad SMARTS) is 1. The molecule has 0 unspecified atom stereocenters. The Kier molecular flexibility index (Phi) is 4.16. The Morgan fingerprint density at radius 3 is 2.89 bits per heavy atom. The SMILES string of the molecule is COCCCC(=O)N1CCc2cc(C(=O)O)ccc21. The van der Waals surface area contributed by atoms with Gasteiger partial charge in [-0.2, -0.15) is 0 Å². The van der Waals surface area contributed by atoms with Gasteiger partial charge in [-0.15, -0.1) is 0 Å². The number of hydrogen-bond donors (Lipinski definition) is 1. The van der Waals surface area contributed by atoms with Crippen molar-refractivity contribution >= 4 is 17.6 Å². The number of benzene rings is 1. The van der Waals surface area contributed by atoms with Crippen LogP contribution >= 0.6 is 0 Å². The maximum atomic E-state index is 12.1. The molecule has 0 fully saturated rings. The second-order valence-electron chi connectivity index (χ2n) is 4.54. The highest BCUT2D eigenvalue weighted by atomic mass is 16.5. The fourth-order valence-corrected chi connectivity index (χ4v) is 2.30. The number of carbonyl (C=O) groups is 2. The Labute approximate surface area is 111 Å². The minimum atomic E-state index is -0.937. The van der Waals surface area contributed by atoms with E-state index in [1.54, 1.807) is 30.2 Å². The molecule has 102 valence electrons. The number of fused-ring (bicyclic) bond motifs is 1. The molecule has 1 N–H and O–H groups in total. The number of carboxylic acids is 1. The predicted molar refractivity (Wildman–Crippen MR) is 70.6 cm³/mol. The van der Waals surface area contributed by atoms with Crippen molar-refractivity contribution < 1.29 is 19.4 Å². The molecular formula is C14H17NO4. The summed E-state index contributed by atoms with van der Waals surface area (Å²) < 4.78 is 4.93. The molecule has 5 nitrogen and oxygen atoms in total. The summed E-state index contributed by atoms with van der Waals surface area (Å²) in [7, 11) is 1.61. The van der Waals surface area contributed by atoms with Gasteiger partial charge in [-0.3, -0.25) is 4.79 Å². The fourth-order valence-electron chi connectivity index (χ4n) is 2.30. The van der Waals surface area contributed by atoms with Crippen LogP contribution in [0.3, 0.4) is 0 Å². The van der Waals surface area contributed by atoms with Gasteiger partial charge in [-0.1, -0.05) is 0 Å². The zero-order valence-corrected chi connectivity index (χ0v) is 10.9. The molecule has 0 bridgehead atoms. The quantitative estimate of drug-likeness (QED) is 0.821. The van der Waals surface area contributed by atoms with Crippen molar-refractivity contribution in [1.82, 2.24) is 0 Å². The molecule has 19 heavy (non-hydrogen) atoms. The van der Waals surface area contributed by atoms with Crippen molar-refractivity contribution in [3.8, 4) is 0 Å². The third-order valence-corrected chi connectivity index (χ3v) is 3.26. The van der Waals surface area contributed by atoms with E-state index in [-0.39, 0.29) is 11.5 Å². The van der Waals surface area contributed by atoms with Gasteiger partial charge in [-0.05, 0) is 36.6 Å². The van der Waals surface area contributed by atoms with Crippen LogP contribution in [0.1, 0.15) is 28.8 Å². The van der Waals surface area contributed by atoms with Crippen LogP contribution in [0.4, 0.5) is 5.69 Å². The van der Waals surface area contributed by atoms with Gasteiger partial charge >= 0.3 is 5.97 Å². The van der Waals surface area contributed by atoms with E-state index in [0.29, 0.717) is 32.4 Å². The number of hydrogen-bond acceptors (Lipinski definition) is 3. The minimum absolute atomic E-state index is 0.0684. The molecule has 0 saturated carbocycles. The minimum Gasteiger partial charge on any atom is -0.478 e. The standard InChI is InChI=1S/C14H17NO4/c1-19-8-2-3-13(16)15-7-6-10-9-11(14(17)18)4-5-12(10)15/h4-5,9H,2-3,6-8H2,1H3,(H,17,18). The summed E-state index contributed by atoms with van der Waals surface area (Å²) in [5.74, 6) is -0.869. The first kappa shape index (κ1) is 13.5. The zero-order chi connectivity index (χ0) is 13.8. The van der Waals surface area contributed by atoms with Crippen molar-refractivity contribution in [2.75, 3.05) is 25.2 Å². The Morgan fingerprint density at radius 2 is 2.21 bits per heavy atom. The summed E-state index contributed by atoms with van der Waals surface area (Å²) in [4.78, 5) is 24.7. The molecule has 0 saturated heterocycles. The number of anilines is 1. The highest BCUT2D eigenvalue weighted by molar-refractivity contribution is 5.96. The lowest BCUT2D eigenvalue weighted by atomic mass is 10.1. The van der Waals surface area contributed by atoms with Crippen molar-refractivity contribution in [1.29, 1.82) is 0 Å². The summed E-state index contributed by atoms with van der Waals surface area (Å²) in [5.41, 5.74) is 2.04. The largest absolute Gasteiger partial charge is 0.478 e. The third-order valence-electron chi connectivity index (χ3n) is 3.26. The molecule has 1 aromatic rings. The summed E-state index contributed by atoms with van der Waals surface area (Å²) >= 11 is 0. The molecule has 2 rings (SSSR count). The Morgan fingerprint density at radius 1 is 1.42 bits per heavy atom. The molecule has 0 atom stereocenters. The number of aromatic carboxylic acids is 1. The van der Waals surface area contributed by atoms with E-state index >= 15 is 0 Å². The first-order valence-corrected chi connectivity index (χ1v) is 6.29. The van der Waals surface area contributed by atoms with Crippen LogP contribution in [0.25, 0.3) is 0 Å². The van der Waals surface area contributed by atoms with Crippen LogP contribution in [0.5, 0.6) is 0 Å². The Bertz CT molecular complexity index is 498. The van der Waals surface area contributed by atoms with Crippen molar-refractivity contribution in [3.05, 3.63) is 29.3 Å². The van der Waals surface area contributed by atoms with E-state index in [4.69, 9.17) is 9.84 Å². The molecule has 0 aliphatic carbocycles. The summed E-state index contributed by atoms with van der Waals surface area (Å²) in [6.07, 6.45) is 1.87. The normalized spacial score (nSPS) is 13.4. The van der Waals surface area contributed by atoms with Crippen molar-refractivity contribution in [3.63, 3.8) is 0 Å². The second kappa shape index (κ2) is 5.84. The first-order valence-electron chi connectivity index (χ1n) is 6.29. The van der Waals surface area contributed by atoms with E-state index in [0.717, 1.165) is 11.3 Å². The monoisotopic (exact) mass is 263 g/mol. The van der Waals surface area contributed by atoms with E-state index in [1.807, 2.05) is 0 Å². The average molecular weight is 263 g/mol.